The van der Waals surface area contributed by atoms with Crippen molar-refractivity contribution in [1.82, 2.24) is 9.62 Å². The van der Waals surface area contributed by atoms with Gasteiger partial charge in [0.15, 0.2) is 0 Å². The highest BCUT2D eigenvalue weighted by Gasteiger charge is 2.28. The number of nitrogens with zero attached hydrogens (tertiary/aromatic N) is 1. The van der Waals surface area contributed by atoms with Crippen LogP contribution in [0, 0.1) is 0 Å². The third kappa shape index (κ3) is 3.75. The number of benzene rings is 1. The maximum absolute atomic E-state index is 12.8. The van der Waals surface area contributed by atoms with Crippen LogP contribution in [0.5, 0.6) is 5.75 Å². The fraction of sp³-hybridized carbons (Fsp3) is 0.600. The summed E-state index contributed by atoms with van der Waals surface area (Å²) in [4.78, 5) is 0.270. The third-order valence-electron chi connectivity index (χ3n) is 3.79. The van der Waals surface area contributed by atoms with Crippen molar-refractivity contribution in [2.24, 2.45) is 0 Å². The van der Waals surface area contributed by atoms with Crippen LogP contribution in [0.4, 0.5) is 0 Å². The molecular weight excluding hydrogens is 288 g/mol. The molecule has 0 aliphatic carbocycles. The van der Waals surface area contributed by atoms with E-state index in [9.17, 15) is 8.42 Å². The minimum absolute atomic E-state index is 0.270. The van der Waals surface area contributed by atoms with Crippen LogP contribution in [0.1, 0.15) is 31.2 Å². The third-order valence-corrected chi connectivity index (χ3v) is 5.73. The summed E-state index contributed by atoms with van der Waals surface area (Å²) < 4.78 is 32.5. The van der Waals surface area contributed by atoms with Crippen LogP contribution in [0.2, 0.25) is 0 Å². The molecule has 0 saturated carbocycles. The van der Waals surface area contributed by atoms with Crippen LogP contribution >= 0.6 is 0 Å². The molecule has 2 rings (SSSR count). The van der Waals surface area contributed by atoms with Gasteiger partial charge in [0, 0.05) is 19.6 Å². The predicted molar refractivity (Wildman–Crippen MR) is 83.0 cm³/mol. The topological polar surface area (TPSA) is 58.6 Å². The number of rotatable bonds is 5. The summed E-state index contributed by atoms with van der Waals surface area (Å²) in [5.74, 6) is 0.423. The van der Waals surface area contributed by atoms with Crippen LogP contribution in [-0.2, 0) is 16.6 Å². The molecule has 0 spiro atoms. The Morgan fingerprint density at radius 2 is 1.86 bits per heavy atom. The molecule has 0 radical (unpaired) electrons. The Morgan fingerprint density at radius 1 is 1.19 bits per heavy atom. The summed E-state index contributed by atoms with van der Waals surface area (Å²) in [5, 5.41) is 3.05. The van der Waals surface area contributed by atoms with Gasteiger partial charge in [-0.1, -0.05) is 18.9 Å². The van der Waals surface area contributed by atoms with Gasteiger partial charge in [0.1, 0.15) is 10.6 Å². The van der Waals surface area contributed by atoms with E-state index in [-0.39, 0.29) is 4.90 Å². The Kier molecular flexibility index (Phi) is 5.61. The lowest BCUT2D eigenvalue weighted by atomic mass is 10.2. The fourth-order valence-electron chi connectivity index (χ4n) is 2.66. The number of hydrogen-bond acceptors (Lipinski definition) is 4. The monoisotopic (exact) mass is 312 g/mol. The molecule has 1 aromatic rings. The van der Waals surface area contributed by atoms with Crippen LogP contribution in [0.25, 0.3) is 0 Å². The van der Waals surface area contributed by atoms with Crippen molar-refractivity contribution in [3.63, 3.8) is 0 Å². The van der Waals surface area contributed by atoms with E-state index in [1.54, 1.807) is 16.4 Å². The maximum Gasteiger partial charge on any atom is 0.246 e. The molecule has 0 unspecified atom stereocenters. The predicted octanol–water partition coefficient (Wildman–Crippen LogP) is 1.98. The van der Waals surface area contributed by atoms with E-state index in [1.165, 1.54) is 7.11 Å². The van der Waals surface area contributed by atoms with Gasteiger partial charge >= 0.3 is 0 Å². The standard InChI is InChI=1S/C15H24N2O3S/c1-16-12-13-7-8-15(14(11-13)20-2)21(18,19)17-9-5-3-4-6-10-17/h7-8,11,16H,3-6,9-10,12H2,1-2H3. The molecule has 1 aliphatic heterocycles. The van der Waals surface area contributed by atoms with Gasteiger partial charge in [0.25, 0.3) is 0 Å². The van der Waals surface area contributed by atoms with Crippen molar-refractivity contribution in [2.45, 2.75) is 37.1 Å². The average molecular weight is 312 g/mol. The quantitative estimate of drug-likeness (QED) is 0.903. The largest absolute Gasteiger partial charge is 0.495 e. The molecule has 0 amide bonds. The minimum atomic E-state index is -3.47. The molecule has 1 N–H and O–H groups in total. The molecular formula is C15H24N2O3S. The van der Waals surface area contributed by atoms with E-state index < -0.39 is 10.0 Å². The van der Waals surface area contributed by atoms with Crippen LogP contribution in [0.15, 0.2) is 23.1 Å². The van der Waals surface area contributed by atoms with E-state index in [4.69, 9.17) is 4.74 Å². The minimum Gasteiger partial charge on any atom is -0.495 e. The van der Waals surface area contributed by atoms with Crippen LogP contribution in [0.3, 0.4) is 0 Å². The first-order valence-corrected chi connectivity index (χ1v) is 8.85. The van der Waals surface area contributed by atoms with Crippen molar-refractivity contribution in [2.75, 3.05) is 27.2 Å². The second-order valence-electron chi connectivity index (χ2n) is 5.33. The molecule has 21 heavy (non-hydrogen) atoms. The summed E-state index contributed by atoms with van der Waals surface area (Å²) in [6, 6.07) is 5.29. The zero-order chi connectivity index (χ0) is 15.3. The first-order valence-electron chi connectivity index (χ1n) is 7.41. The van der Waals surface area contributed by atoms with Crippen LogP contribution in [-0.4, -0.2) is 40.0 Å². The van der Waals surface area contributed by atoms with Gasteiger partial charge in [-0.05, 0) is 37.6 Å². The zero-order valence-corrected chi connectivity index (χ0v) is 13.6. The molecule has 0 bridgehead atoms. The van der Waals surface area contributed by atoms with E-state index in [0.717, 1.165) is 31.2 Å². The summed E-state index contributed by atoms with van der Waals surface area (Å²) >= 11 is 0. The number of ether oxygens (including phenoxy) is 1. The van der Waals surface area contributed by atoms with Gasteiger partial charge in [-0.25, -0.2) is 8.42 Å². The van der Waals surface area contributed by atoms with E-state index in [2.05, 4.69) is 5.32 Å². The number of nitrogens with one attached hydrogen (secondary N) is 1. The van der Waals surface area contributed by atoms with Crippen molar-refractivity contribution in [3.8, 4) is 5.75 Å². The van der Waals surface area contributed by atoms with Gasteiger partial charge in [-0.2, -0.15) is 4.31 Å². The number of hydrogen-bond donors (Lipinski definition) is 1. The van der Waals surface area contributed by atoms with Gasteiger partial charge in [-0.3, -0.25) is 0 Å². The molecule has 6 heteroatoms. The van der Waals surface area contributed by atoms with Gasteiger partial charge in [0.2, 0.25) is 10.0 Å². The molecule has 1 fully saturated rings. The number of sulfonamides is 1. The summed E-state index contributed by atoms with van der Waals surface area (Å²) in [5.41, 5.74) is 1.00. The summed E-state index contributed by atoms with van der Waals surface area (Å²) in [6.45, 7) is 1.88. The van der Waals surface area contributed by atoms with Crippen molar-refractivity contribution in [3.05, 3.63) is 23.8 Å². The second-order valence-corrected chi connectivity index (χ2v) is 7.24. The normalized spacial score (nSPS) is 17.4. The lowest BCUT2D eigenvalue weighted by Gasteiger charge is -2.21. The van der Waals surface area contributed by atoms with Crippen LogP contribution < -0.4 is 10.1 Å². The molecule has 1 saturated heterocycles. The first kappa shape index (κ1) is 16.3. The molecule has 0 aromatic heterocycles. The summed E-state index contributed by atoms with van der Waals surface area (Å²) in [7, 11) is -0.103. The highest BCUT2D eigenvalue weighted by molar-refractivity contribution is 7.89. The van der Waals surface area contributed by atoms with Gasteiger partial charge < -0.3 is 10.1 Å². The highest BCUT2D eigenvalue weighted by Crippen LogP contribution is 2.29. The van der Waals surface area contributed by atoms with E-state index >= 15 is 0 Å². The van der Waals surface area contributed by atoms with Crippen molar-refractivity contribution >= 4 is 10.0 Å². The smallest absolute Gasteiger partial charge is 0.246 e. The Labute approximate surface area is 127 Å². The SMILES string of the molecule is CNCc1ccc(S(=O)(=O)N2CCCCCC2)c(OC)c1. The Balaban J connectivity index is 2.34. The lowest BCUT2D eigenvalue weighted by Crippen LogP contribution is -2.32. The highest BCUT2D eigenvalue weighted by atomic mass is 32.2. The Morgan fingerprint density at radius 3 is 2.43 bits per heavy atom. The van der Waals surface area contributed by atoms with E-state index in [0.29, 0.717) is 25.4 Å². The first-order chi connectivity index (χ1) is 10.1. The zero-order valence-electron chi connectivity index (χ0n) is 12.8. The van der Waals surface area contributed by atoms with Gasteiger partial charge in [-0.15, -0.1) is 0 Å². The number of methoxy groups -OCH3 is 1. The molecule has 5 nitrogen and oxygen atoms in total. The van der Waals surface area contributed by atoms with Crippen molar-refractivity contribution < 1.29 is 13.2 Å². The Hall–Kier alpha value is -1.11. The van der Waals surface area contributed by atoms with Gasteiger partial charge in [0.05, 0.1) is 7.11 Å². The summed E-state index contributed by atoms with van der Waals surface area (Å²) in [6.07, 6.45) is 4.06. The molecule has 0 atom stereocenters. The fourth-order valence-corrected chi connectivity index (χ4v) is 4.31. The van der Waals surface area contributed by atoms with E-state index in [1.807, 2.05) is 13.1 Å². The average Bonchev–Trinajstić information content (AvgIpc) is 2.77. The molecule has 1 aliphatic rings. The Bertz CT molecular complexity index is 564. The molecule has 1 aromatic carbocycles. The lowest BCUT2D eigenvalue weighted by molar-refractivity contribution is 0.391. The van der Waals surface area contributed by atoms with Crippen molar-refractivity contribution in [1.29, 1.82) is 0 Å². The second kappa shape index (κ2) is 7.24. The molecule has 1 heterocycles. The molecule has 118 valence electrons. The maximum atomic E-state index is 12.8.